The maximum atomic E-state index is 12.3. The van der Waals surface area contributed by atoms with Gasteiger partial charge in [-0.15, -0.1) is 0 Å². The molecule has 1 unspecified atom stereocenters. The van der Waals surface area contributed by atoms with Crippen molar-refractivity contribution in [3.05, 3.63) is 58.7 Å². The summed E-state index contributed by atoms with van der Waals surface area (Å²) in [6.45, 7) is 2.12. The number of rotatable bonds is 7. The fraction of sp³-hybridized carbons (Fsp3) is 0.368. The van der Waals surface area contributed by atoms with Gasteiger partial charge in [0.25, 0.3) is 5.91 Å². The van der Waals surface area contributed by atoms with Gasteiger partial charge in [-0.05, 0) is 49.1 Å². The van der Waals surface area contributed by atoms with Crippen molar-refractivity contribution in [2.45, 2.75) is 25.4 Å². The van der Waals surface area contributed by atoms with Crippen LogP contribution < -0.4 is 10.6 Å². The van der Waals surface area contributed by atoms with Crippen molar-refractivity contribution in [3.8, 4) is 0 Å². The van der Waals surface area contributed by atoms with Crippen molar-refractivity contribution in [2.75, 3.05) is 25.0 Å². The quantitative estimate of drug-likeness (QED) is 0.796. The van der Waals surface area contributed by atoms with Gasteiger partial charge in [-0.25, -0.2) is 4.98 Å². The number of hydrogen-bond acceptors (Lipinski definition) is 4. The third-order valence-electron chi connectivity index (χ3n) is 4.17. The predicted octanol–water partition coefficient (Wildman–Crippen LogP) is 3.30. The standard InChI is InChI=1S/C19H22ClN3O2/c20-16-5-3-14(4-6-16)7-9-22-19(24)15-8-10-21-18(12-15)23-13-17-2-1-11-25-17/h3-6,8,10,12,17H,1-2,7,9,11,13H2,(H,21,23)(H,22,24). The number of nitrogens with one attached hydrogen (secondary N) is 2. The molecule has 0 aliphatic carbocycles. The Bertz CT molecular complexity index is 700. The molecule has 2 heterocycles. The van der Waals surface area contributed by atoms with E-state index in [1.54, 1.807) is 18.3 Å². The van der Waals surface area contributed by atoms with E-state index in [1.165, 1.54) is 0 Å². The summed E-state index contributed by atoms with van der Waals surface area (Å²) in [4.78, 5) is 16.5. The third kappa shape index (κ3) is 5.44. The van der Waals surface area contributed by atoms with Crippen LogP contribution in [0.3, 0.4) is 0 Å². The van der Waals surface area contributed by atoms with Gasteiger partial charge >= 0.3 is 0 Å². The highest BCUT2D eigenvalue weighted by Gasteiger charge is 2.15. The Morgan fingerprint density at radius 3 is 2.88 bits per heavy atom. The molecule has 0 spiro atoms. The second-order valence-corrected chi connectivity index (χ2v) is 6.51. The first-order chi connectivity index (χ1) is 12.2. The molecule has 1 fully saturated rings. The van der Waals surface area contributed by atoms with Crippen LogP contribution in [0.25, 0.3) is 0 Å². The largest absolute Gasteiger partial charge is 0.376 e. The van der Waals surface area contributed by atoms with Crippen molar-refractivity contribution in [1.82, 2.24) is 10.3 Å². The third-order valence-corrected chi connectivity index (χ3v) is 4.42. The molecule has 25 heavy (non-hydrogen) atoms. The number of aromatic nitrogens is 1. The van der Waals surface area contributed by atoms with Gasteiger partial charge in [0.15, 0.2) is 0 Å². The second kappa shape index (κ2) is 8.83. The van der Waals surface area contributed by atoms with Crippen LogP contribution in [0.1, 0.15) is 28.8 Å². The fourth-order valence-corrected chi connectivity index (χ4v) is 2.89. The number of benzene rings is 1. The van der Waals surface area contributed by atoms with Crippen LogP contribution in [-0.4, -0.2) is 36.7 Å². The zero-order valence-electron chi connectivity index (χ0n) is 14.0. The fourth-order valence-electron chi connectivity index (χ4n) is 2.77. The van der Waals surface area contributed by atoms with E-state index in [1.807, 2.05) is 24.3 Å². The number of anilines is 1. The van der Waals surface area contributed by atoms with Gasteiger partial charge in [0.2, 0.25) is 0 Å². The minimum absolute atomic E-state index is 0.100. The number of ether oxygens (including phenoxy) is 1. The summed E-state index contributed by atoms with van der Waals surface area (Å²) >= 11 is 5.87. The zero-order valence-corrected chi connectivity index (χ0v) is 14.8. The van der Waals surface area contributed by atoms with Gasteiger partial charge < -0.3 is 15.4 Å². The number of nitrogens with zero attached hydrogens (tertiary/aromatic N) is 1. The average Bonchev–Trinajstić information content (AvgIpc) is 3.15. The molecule has 1 aliphatic rings. The summed E-state index contributed by atoms with van der Waals surface area (Å²) < 4.78 is 5.58. The number of hydrogen-bond donors (Lipinski definition) is 2. The highest BCUT2D eigenvalue weighted by atomic mass is 35.5. The van der Waals surface area contributed by atoms with E-state index in [0.717, 1.165) is 31.4 Å². The molecule has 2 aromatic rings. The van der Waals surface area contributed by atoms with E-state index in [0.29, 0.717) is 29.5 Å². The van der Waals surface area contributed by atoms with Crippen molar-refractivity contribution < 1.29 is 9.53 Å². The summed E-state index contributed by atoms with van der Waals surface area (Å²) in [5.74, 6) is 0.595. The lowest BCUT2D eigenvalue weighted by Gasteiger charge is -2.12. The molecule has 0 radical (unpaired) electrons. The van der Waals surface area contributed by atoms with Crippen LogP contribution in [0.2, 0.25) is 5.02 Å². The monoisotopic (exact) mass is 359 g/mol. The summed E-state index contributed by atoms with van der Waals surface area (Å²) in [6.07, 6.45) is 4.82. The maximum absolute atomic E-state index is 12.3. The smallest absolute Gasteiger partial charge is 0.251 e. The van der Waals surface area contributed by atoms with Crippen LogP contribution in [0, 0.1) is 0 Å². The molecule has 1 aromatic carbocycles. The van der Waals surface area contributed by atoms with Crippen LogP contribution in [0.4, 0.5) is 5.82 Å². The van der Waals surface area contributed by atoms with Crippen LogP contribution in [0.15, 0.2) is 42.6 Å². The zero-order chi connectivity index (χ0) is 17.5. The van der Waals surface area contributed by atoms with Crippen molar-refractivity contribution in [2.24, 2.45) is 0 Å². The summed E-state index contributed by atoms with van der Waals surface area (Å²) in [5, 5.41) is 6.89. The molecule has 1 atom stereocenters. The molecule has 2 N–H and O–H groups in total. The van der Waals surface area contributed by atoms with E-state index in [9.17, 15) is 4.79 Å². The average molecular weight is 360 g/mol. The second-order valence-electron chi connectivity index (χ2n) is 6.08. The SMILES string of the molecule is O=C(NCCc1ccc(Cl)cc1)c1ccnc(NCC2CCCO2)c1. The lowest BCUT2D eigenvalue weighted by Crippen LogP contribution is -2.26. The Hall–Kier alpha value is -2.11. The van der Waals surface area contributed by atoms with E-state index >= 15 is 0 Å². The molecule has 6 heteroatoms. The minimum Gasteiger partial charge on any atom is -0.376 e. The Labute approximate surface area is 152 Å². The molecular formula is C19H22ClN3O2. The highest BCUT2D eigenvalue weighted by Crippen LogP contribution is 2.14. The normalized spacial score (nSPS) is 16.6. The van der Waals surface area contributed by atoms with Gasteiger partial charge in [0.1, 0.15) is 5.82 Å². The molecule has 1 amide bonds. The lowest BCUT2D eigenvalue weighted by atomic mass is 10.1. The topological polar surface area (TPSA) is 63.2 Å². The summed E-state index contributed by atoms with van der Waals surface area (Å²) in [7, 11) is 0. The van der Waals surface area contributed by atoms with Crippen LogP contribution >= 0.6 is 11.6 Å². The number of amides is 1. The summed E-state index contributed by atoms with van der Waals surface area (Å²) in [6, 6.07) is 11.1. The Morgan fingerprint density at radius 1 is 1.28 bits per heavy atom. The van der Waals surface area contributed by atoms with Crippen LogP contribution in [-0.2, 0) is 11.2 Å². The van der Waals surface area contributed by atoms with Crippen LogP contribution in [0.5, 0.6) is 0 Å². The van der Waals surface area contributed by atoms with Gasteiger partial charge in [0, 0.05) is 36.5 Å². The lowest BCUT2D eigenvalue weighted by molar-refractivity contribution is 0.0954. The molecule has 0 bridgehead atoms. The number of carbonyl (C=O) groups is 1. The molecule has 1 aliphatic heterocycles. The molecular weight excluding hydrogens is 338 g/mol. The molecule has 1 aromatic heterocycles. The van der Waals surface area contributed by atoms with Gasteiger partial charge in [-0.2, -0.15) is 0 Å². The first-order valence-corrected chi connectivity index (χ1v) is 8.93. The van der Waals surface area contributed by atoms with E-state index < -0.39 is 0 Å². The highest BCUT2D eigenvalue weighted by molar-refractivity contribution is 6.30. The number of halogens is 1. The molecule has 0 saturated carbocycles. The van der Waals surface area contributed by atoms with Crippen molar-refractivity contribution in [1.29, 1.82) is 0 Å². The minimum atomic E-state index is -0.100. The first kappa shape index (κ1) is 17.7. The van der Waals surface area contributed by atoms with E-state index in [2.05, 4.69) is 15.6 Å². The first-order valence-electron chi connectivity index (χ1n) is 8.55. The molecule has 5 nitrogen and oxygen atoms in total. The molecule has 1 saturated heterocycles. The van der Waals surface area contributed by atoms with E-state index in [4.69, 9.17) is 16.3 Å². The maximum Gasteiger partial charge on any atom is 0.251 e. The van der Waals surface area contributed by atoms with Crippen molar-refractivity contribution >= 4 is 23.3 Å². The van der Waals surface area contributed by atoms with Gasteiger partial charge in [-0.3, -0.25) is 4.79 Å². The summed E-state index contributed by atoms with van der Waals surface area (Å²) in [5.41, 5.74) is 1.74. The molecule has 3 rings (SSSR count). The molecule has 132 valence electrons. The Balaban J connectivity index is 1.47. The number of pyridine rings is 1. The predicted molar refractivity (Wildman–Crippen MR) is 99.2 cm³/mol. The van der Waals surface area contributed by atoms with Crippen molar-refractivity contribution in [3.63, 3.8) is 0 Å². The number of carbonyl (C=O) groups excluding carboxylic acids is 1. The van der Waals surface area contributed by atoms with Gasteiger partial charge in [0.05, 0.1) is 6.10 Å². The Kier molecular flexibility index (Phi) is 6.25. The Morgan fingerprint density at radius 2 is 2.12 bits per heavy atom. The van der Waals surface area contributed by atoms with E-state index in [-0.39, 0.29) is 12.0 Å². The van der Waals surface area contributed by atoms with Gasteiger partial charge in [-0.1, -0.05) is 23.7 Å².